The minimum atomic E-state index is 0.948. The van der Waals surface area contributed by atoms with Gasteiger partial charge in [0.15, 0.2) is 0 Å². The first-order chi connectivity index (χ1) is 7.69. The minimum absolute atomic E-state index is 0.948. The summed E-state index contributed by atoms with van der Waals surface area (Å²) in [6.45, 7) is 9.57. The van der Waals surface area contributed by atoms with Gasteiger partial charge in [-0.3, -0.25) is 0 Å². The third-order valence-corrected chi connectivity index (χ3v) is 5.36. The van der Waals surface area contributed by atoms with Gasteiger partial charge in [0.2, 0.25) is 0 Å². The minimum Gasteiger partial charge on any atom is -0.0882 e. The molecule has 16 heavy (non-hydrogen) atoms. The highest BCUT2D eigenvalue weighted by molar-refractivity contribution is 5.19. The van der Waals surface area contributed by atoms with Crippen molar-refractivity contribution in [2.45, 2.75) is 59.8 Å². The SMILES string of the molecule is C/C=C1\CC2CC1C(C)C2C(C)CCCC. The zero-order valence-corrected chi connectivity index (χ0v) is 11.5. The zero-order chi connectivity index (χ0) is 11.7. The number of hydrogen-bond donors (Lipinski definition) is 0. The number of rotatable bonds is 4. The van der Waals surface area contributed by atoms with Gasteiger partial charge in [-0.1, -0.05) is 51.7 Å². The second kappa shape index (κ2) is 4.94. The number of fused-ring (bicyclic) bond motifs is 2. The molecule has 2 bridgehead atoms. The second-order valence-electron chi connectivity index (χ2n) is 6.23. The lowest BCUT2D eigenvalue weighted by atomic mass is 9.71. The summed E-state index contributed by atoms with van der Waals surface area (Å²) in [7, 11) is 0. The summed E-state index contributed by atoms with van der Waals surface area (Å²) in [6.07, 6.45) is 9.57. The molecule has 0 heteroatoms. The Morgan fingerprint density at radius 2 is 2.19 bits per heavy atom. The van der Waals surface area contributed by atoms with Gasteiger partial charge in [0.05, 0.1) is 0 Å². The summed E-state index contributed by atoms with van der Waals surface area (Å²) in [5.74, 6) is 4.92. The average molecular weight is 220 g/mol. The molecule has 2 saturated carbocycles. The van der Waals surface area contributed by atoms with Gasteiger partial charge in [-0.05, 0) is 49.4 Å². The van der Waals surface area contributed by atoms with E-state index >= 15 is 0 Å². The number of hydrogen-bond acceptors (Lipinski definition) is 0. The summed E-state index contributed by atoms with van der Waals surface area (Å²) >= 11 is 0. The quantitative estimate of drug-likeness (QED) is 0.581. The van der Waals surface area contributed by atoms with E-state index < -0.39 is 0 Å². The maximum atomic E-state index is 2.51. The first-order valence-electron chi connectivity index (χ1n) is 7.34. The van der Waals surface area contributed by atoms with Crippen molar-refractivity contribution in [1.82, 2.24) is 0 Å². The van der Waals surface area contributed by atoms with E-state index in [4.69, 9.17) is 0 Å². The molecular formula is C16H28. The van der Waals surface area contributed by atoms with E-state index in [1.54, 1.807) is 5.57 Å². The van der Waals surface area contributed by atoms with E-state index in [-0.39, 0.29) is 0 Å². The standard InChI is InChI=1S/C16H28/c1-5-7-8-11(3)16-12(4)15-10-14(16)9-13(15)6-2/h6,11-12,14-16H,5,7-10H2,1-4H3/b13-6+. The van der Waals surface area contributed by atoms with E-state index in [9.17, 15) is 0 Å². The van der Waals surface area contributed by atoms with Crippen molar-refractivity contribution in [3.63, 3.8) is 0 Å². The largest absolute Gasteiger partial charge is 0.0882 e. The molecule has 2 rings (SSSR count). The first-order valence-corrected chi connectivity index (χ1v) is 7.34. The molecule has 5 unspecified atom stereocenters. The maximum Gasteiger partial charge on any atom is -0.0172 e. The molecular weight excluding hydrogens is 192 g/mol. The third kappa shape index (κ3) is 1.96. The van der Waals surface area contributed by atoms with Gasteiger partial charge in [-0.15, -0.1) is 0 Å². The predicted octanol–water partition coefficient (Wildman–Crippen LogP) is 5.05. The Hall–Kier alpha value is -0.260. The fourth-order valence-corrected chi connectivity index (χ4v) is 4.59. The topological polar surface area (TPSA) is 0 Å². The van der Waals surface area contributed by atoms with Crippen LogP contribution in [0.25, 0.3) is 0 Å². The first kappa shape index (κ1) is 12.2. The fraction of sp³-hybridized carbons (Fsp3) is 0.875. The van der Waals surface area contributed by atoms with Crippen LogP contribution in [0.3, 0.4) is 0 Å². The molecule has 2 fully saturated rings. The Kier molecular flexibility index (Phi) is 3.77. The molecule has 5 atom stereocenters. The van der Waals surface area contributed by atoms with Crippen LogP contribution in [0.1, 0.15) is 59.8 Å². The Morgan fingerprint density at radius 1 is 1.44 bits per heavy atom. The molecule has 92 valence electrons. The van der Waals surface area contributed by atoms with E-state index in [0.29, 0.717) is 0 Å². The van der Waals surface area contributed by atoms with Gasteiger partial charge < -0.3 is 0 Å². The van der Waals surface area contributed by atoms with Crippen LogP contribution >= 0.6 is 0 Å². The third-order valence-electron chi connectivity index (χ3n) is 5.36. The van der Waals surface area contributed by atoms with Gasteiger partial charge >= 0.3 is 0 Å². The predicted molar refractivity (Wildman–Crippen MR) is 71.3 cm³/mol. The number of unbranched alkanes of at least 4 members (excludes halogenated alkanes) is 1. The molecule has 0 aromatic carbocycles. The Balaban J connectivity index is 1.99. The van der Waals surface area contributed by atoms with Crippen molar-refractivity contribution in [3.05, 3.63) is 11.6 Å². The van der Waals surface area contributed by atoms with Crippen molar-refractivity contribution in [2.75, 3.05) is 0 Å². The van der Waals surface area contributed by atoms with Crippen LogP contribution < -0.4 is 0 Å². The molecule has 0 amide bonds. The normalized spacial score (nSPS) is 41.9. The Labute approximate surface area is 102 Å². The lowest BCUT2D eigenvalue weighted by Gasteiger charge is -2.34. The van der Waals surface area contributed by atoms with Gasteiger partial charge in [0.1, 0.15) is 0 Å². The second-order valence-corrected chi connectivity index (χ2v) is 6.23. The molecule has 0 heterocycles. The molecule has 0 nitrogen and oxygen atoms in total. The van der Waals surface area contributed by atoms with Gasteiger partial charge in [-0.2, -0.15) is 0 Å². The lowest BCUT2D eigenvalue weighted by molar-refractivity contribution is 0.186. The summed E-state index contributed by atoms with van der Waals surface area (Å²) in [6, 6.07) is 0. The van der Waals surface area contributed by atoms with E-state index in [1.165, 1.54) is 32.1 Å². The van der Waals surface area contributed by atoms with Crippen molar-refractivity contribution >= 4 is 0 Å². The van der Waals surface area contributed by atoms with Crippen LogP contribution in [0, 0.1) is 29.6 Å². The highest BCUT2D eigenvalue weighted by Gasteiger charge is 2.48. The Bertz CT molecular complexity index is 261. The van der Waals surface area contributed by atoms with Crippen molar-refractivity contribution in [1.29, 1.82) is 0 Å². The highest BCUT2D eigenvalue weighted by Crippen LogP contribution is 2.57. The maximum absolute atomic E-state index is 2.51. The van der Waals surface area contributed by atoms with Crippen molar-refractivity contribution in [2.24, 2.45) is 29.6 Å². The summed E-state index contributed by atoms with van der Waals surface area (Å²) in [5, 5.41) is 0. The van der Waals surface area contributed by atoms with E-state index in [0.717, 1.165) is 29.6 Å². The molecule has 2 aliphatic carbocycles. The van der Waals surface area contributed by atoms with E-state index in [1.807, 2.05) is 0 Å². The van der Waals surface area contributed by atoms with Crippen LogP contribution in [0.4, 0.5) is 0 Å². The molecule has 0 aromatic rings. The van der Waals surface area contributed by atoms with Crippen LogP contribution in [-0.2, 0) is 0 Å². The molecule has 0 radical (unpaired) electrons. The molecule has 0 N–H and O–H groups in total. The molecule has 0 saturated heterocycles. The van der Waals surface area contributed by atoms with Gasteiger partial charge in [-0.25, -0.2) is 0 Å². The monoisotopic (exact) mass is 220 g/mol. The summed E-state index contributed by atoms with van der Waals surface area (Å²) < 4.78 is 0. The van der Waals surface area contributed by atoms with Crippen LogP contribution in [0.5, 0.6) is 0 Å². The smallest absolute Gasteiger partial charge is 0.0172 e. The number of allylic oxidation sites excluding steroid dienone is 2. The highest BCUT2D eigenvalue weighted by atomic mass is 14.5. The van der Waals surface area contributed by atoms with E-state index in [2.05, 4.69) is 33.8 Å². The Morgan fingerprint density at radius 3 is 2.75 bits per heavy atom. The fourth-order valence-electron chi connectivity index (χ4n) is 4.59. The van der Waals surface area contributed by atoms with Gasteiger partial charge in [0.25, 0.3) is 0 Å². The average Bonchev–Trinajstić information content (AvgIpc) is 2.82. The molecule has 0 spiro atoms. The van der Waals surface area contributed by atoms with Crippen LogP contribution in [0.2, 0.25) is 0 Å². The van der Waals surface area contributed by atoms with Crippen molar-refractivity contribution in [3.8, 4) is 0 Å². The van der Waals surface area contributed by atoms with Gasteiger partial charge in [0, 0.05) is 0 Å². The summed E-state index contributed by atoms with van der Waals surface area (Å²) in [4.78, 5) is 0. The molecule has 2 aliphatic rings. The molecule has 0 aromatic heterocycles. The zero-order valence-electron chi connectivity index (χ0n) is 11.5. The lowest BCUT2D eigenvalue weighted by Crippen LogP contribution is -2.27. The van der Waals surface area contributed by atoms with Crippen LogP contribution in [0.15, 0.2) is 11.6 Å². The molecule has 0 aliphatic heterocycles. The van der Waals surface area contributed by atoms with Crippen molar-refractivity contribution < 1.29 is 0 Å². The summed E-state index contributed by atoms with van der Waals surface area (Å²) in [5.41, 5.74) is 1.77. The van der Waals surface area contributed by atoms with Crippen LogP contribution in [-0.4, -0.2) is 0 Å².